The molecule has 1 N–H and O–H groups in total. The van der Waals surface area contributed by atoms with E-state index in [4.69, 9.17) is 0 Å². The summed E-state index contributed by atoms with van der Waals surface area (Å²) in [6.45, 7) is 9.27. The number of unbranched alkanes of at least 4 members (excludes halogenated alkanes) is 14. The third-order valence-corrected chi connectivity index (χ3v) is 9.57. The Balaban J connectivity index is 0.000000909. The van der Waals surface area contributed by atoms with E-state index < -0.39 is 35.2 Å². The number of nitrogens with one attached hydrogen (secondary N) is 1. The molecule has 0 aliphatic carbocycles. The average molecular weight is 645 g/mol. The van der Waals surface area contributed by atoms with E-state index >= 15 is 0 Å². The Morgan fingerprint density at radius 1 is 0.659 bits per heavy atom. The molecular formula is C26H48F6N3O4S2+. The van der Waals surface area contributed by atoms with E-state index in [1.54, 1.807) is 0 Å². The van der Waals surface area contributed by atoms with E-state index in [1.807, 2.05) is 0 Å². The molecule has 0 radical (unpaired) electrons. The summed E-state index contributed by atoms with van der Waals surface area (Å²) in [6, 6.07) is 0. The zero-order valence-corrected chi connectivity index (χ0v) is 26.1. The summed E-state index contributed by atoms with van der Waals surface area (Å²) in [6.07, 6.45) is 27.0. The Kier molecular flexibility index (Phi) is 19.1. The normalized spacial score (nSPS) is 12.8. The molecule has 0 spiro atoms. The maximum Gasteiger partial charge on any atom is 0.512 e. The van der Waals surface area contributed by atoms with Crippen LogP contribution in [0.4, 0.5) is 26.3 Å². The average Bonchev–Trinajstić information content (AvgIpc) is 3.20. The summed E-state index contributed by atoms with van der Waals surface area (Å²) in [5.74, 6) is 1.44. The SMILES string of the molecule is CCCCCCCCCCn1cc[n+](CCCCCCCCCC)c1C.O=S(=O)(NS(=O)(=O)C(F)(F)F)C(F)(F)F. The lowest BCUT2D eigenvalue weighted by molar-refractivity contribution is -0.702. The molecule has 0 aliphatic rings. The van der Waals surface area contributed by atoms with Crippen molar-refractivity contribution in [1.29, 1.82) is 0 Å². The molecule has 0 amide bonds. The summed E-state index contributed by atoms with van der Waals surface area (Å²) >= 11 is 0. The molecule has 1 aromatic heterocycles. The van der Waals surface area contributed by atoms with Gasteiger partial charge in [-0.15, -0.1) is 0 Å². The number of aromatic nitrogens is 2. The van der Waals surface area contributed by atoms with Crippen molar-refractivity contribution in [3.05, 3.63) is 18.2 Å². The Morgan fingerprint density at radius 3 is 1.41 bits per heavy atom. The molecule has 1 aromatic rings. The van der Waals surface area contributed by atoms with Crippen LogP contribution in [0.25, 0.3) is 0 Å². The molecule has 244 valence electrons. The number of hydrogen-bond acceptors (Lipinski definition) is 4. The Labute approximate surface area is 242 Å². The number of hydrogen-bond donors (Lipinski definition) is 1. The molecule has 0 fully saturated rings. The van der Waals surface area contributed by atoms with Crippen LogP contribution in [0.5, 0.6) is 0 Å². The molecule has 41 heavy (non-hydrogen) atoms. The zero-order chi connectivity index (χ0) is 31.6. The molecule has 0 atom stereocenters. The van der Waals surface area contributed by atoms with Gasteiger partial charge in [-0.3, -0.25) is 0 Å². The van der Waals surface area contributed by atoms with Gasteiger partial charge in [-0.1, -0.05) is 95.0 Å². The molecule has 1 rings (SSSR count). The van der Waals surface area contributed by atoms with Gasteiger partial charge in [-0.05, 0) is 25.7 Å². The summed E-state index contributed by atoms with van der Waals surface area (Å²) < 4.78 is 113. The van der Waals surface area contributed by atoms with Gasteiger partial charge in [-0.25, -0.2) is 26.0 Å². The highest BCUT2D eigenvalue weighted by Gasteiger charge is 2.55. The number of alkyl halides is 6. The quantitative estimate of drug-likeness (QED) is 0.0898. The van der Waals surface area contributed by atoms with Crippen LogP contribution in [0, 0.1) is 6.92 Å². The van der Waals surface area contributed by atoms with Gasteiger partial charge in [0.05, 0.1) is 13.1 Å². The maximum absolute atomic E-state index is 11.5. The van der Waals surface area contributed by atoms with Crippen LogP contribution < -0.4 is 8.69 Å². The zero-order valence-electron chi connectivity index (χ0n) is 24.5. The Morgan fingerprint density at radius 2 is 1.02 bits per heavy atom. The highest BCUT2D eigenvalue weighted by molar-refractivity contribution is 8.05. The van der Waals surface area contributed by atoms with Crippen LogP contribution in [0.1, 0.15) is 122 Å². The van der Waals surface area contributed by atoms with E-state index in [-0.39, 0.29) is 0 Å². The Bertz CT molecular complexity index is 961. The molecular weight excluding hydrogens is 596 g/mol. The number of halogens is 6. The lowest BCUT2D eigenvalue weighted by atomic mass is 10.1. The number of imidazole rings is 1. The molecule has 7 nitrogen and oxygen atoms in total. The van der Waals surface area contributed by atoms with Gasteiger partial charge in [0.1, 0.15) is 12.4 Å². The number of rotatable bonds is 20. The van der Waals surface area contributed by atoms with Crippen LogP contribution in [-0.2, 0) is 33.1 Å². The van der Waals surface area contributed by atoms with Gasteiger partial charge in [-0.2, -0.15) is 26.3 Å². The van der Waals surface area contributed by atoms with E-state index in [1.165, 1.54) is 122 Å². The first-order valence-electron chi connectivity index (χ1n) is 14.5. The smallest absolute Gasteiger partial charge is 0.234 e. The first kappa shape index (κ1) is 39.6. The van der Waals surface area contributed by atoms with Crippen molar-refractivity contribution in [2.24, 2.45) is 0 Å². The van der Waals surface area contributed by atoms with Gasteiger partial charge < -0.3 is 0 Å². The fraction of sp³-hybridized carbons (Fsp3) is 0.885. The third kappa shape index (κ3) is 16.8. The second-order valence-electron chi connectivity index (χ2n) is 10.2. The molecule has 0 unspecified atom stereocenters. The molecule has 15 heteroatoms. The van der Waals surface area contributed by atoms with Crippen molar-refractivity contribution in [1.82, 2.24) is 8.69 Å². The molecule has 0 saturated carbocycles. The topological polar surface area (TPSA) is 89.1 Å². The lowest BCUT2D eigenvalue weighted by Crippen LogP contribution is -2.45. The second-order valence-corrected chi connectivity index (χ2v) is 13.8. The summed E-state index contributed by atoms with van der Waals surface area (Å²) in [7, 11) is -13.2. The summed E-state index contributed by atoms with van der Waals surface area (Å²) in [5, 5.41) is 0. The van der Waals surface area contributed by atoms with Crippen LogP contribution >= 0.6 is 0 Å². The first-order valence-corrected chi connectivity index (χ1v) is 17.4. The largest absolute Gasteiger partial charge is 0.512 e. The minimum Gasteiger partial charge on any atom is -0.234 e. The highest BCUT2D eigenvalue weighted by atomic mass is 32.3. The van der Waals surface area contributed by atoms with Crippen LogP contribution in [0.3, 0.4) is 0 Å². The Hall–Kier alpha value is -1.35. The van der Waals surface area contributed by atoms with Crippen LogP contribution in [0.2, 0.25) is 0 Å². The van der Waals surface area contributed by atoms with Crippen molar-refractivity contribution in [3.8, 4) is 0 Å². The first-order chi connectivity index (χ1) is 19.0. The number of sulfonamides is 2. The van der Waals surface area contributed by atoms with Gasteiger partial charge in [0, 0.05) is 6.92 Å². The van der Waals surface area contributed by atoms with E-state index in [9.17, 15) is 43.2 Å². The monoisotopic (exact) mass is 644 g/mol. The molecule has 0 bridgehead atoms. The fourth-order valence-electron chi connectivity index (χ4n) is 4.09. The van der Waals surface area contributed by atoms with Gasteiger partial charge in [0.25, 0.3) is 5.82 Å². The van der Waals surface area contributed by atoms with Crippen LogP contribution in [0.15, 0.2) is 12.4 Å². The number of nitrogens with zero attached hydrogens (tertiary/aromatic N) is 2. The minimum atomic E-state index is -6.60. The third-order valence-electron chi connectivity index (χ3n) is 6.59. The van der Waals surface area contributed by atoms with E-state index in [2.05, 4.69) is 42.3 Å². The molecule has 0 aromatic carbocycles. The molecule has 0 saturated heterocycles. The minimum absolute atomic E-state index is 0.493. The van der Waals surface area contributed by atoms with Gasteiger partial charge >= 0.3 is 31.1 Å². The predicted molar refractivity (Wildman–Crippen MR) is 148 cm³/mol. The molecule has 0 aliphatic heterocycles. The standard InChI is InChI=1S/C24H47N2.C2HF6NO4S2/c1-4-6-8-10-12-14-16-18-20-25-22-23-26(24(25)3)21-19-17-15-13-11-9-7-5-2;3-1(4,5)14(10,11)9-15(12,13)2(6,7)8/h22-23H,4-21H2,1-3H3;9H/q+1;. The fourth-order valence-corrected chi connectivity index (χ4v) is 6.00. The lowest BCUT2D eigenvalue weighted by Gasteiger charge is -2.11. The van der Waals surface area contributed by atoms with E-state index in [0.717, 1.165) is 0 Å². The van der Waals surface area contributed by atoms with Gasteiger partial charge in [0.15, 0.2) is 0 Å². The van der Waals surface area contributed by atoms with Crippen LogP contribution in [-0.4, -0.2) is 32.4 Å². The maximum atomic E-state index is 11.5. The molecule has 1 heterocycles. The van der Waals surface area contributed by atoms with Crippen molar-refractivity contribution in [3.63, 3.8) is 0 Å². The van der Waals surface area contributed by atoms with Crippen molar-refractivity contribution >= 4 is 20.0 Å². The van der Waals surface area contributed by atoms with Crippen molar-refractivity contribution in [2.45, 2.75) is 148 Å². The second kappa shape index (κ2) is 19.8. The van der Waals surface area contributed by atoms with E-state index in [0.29, 0.717) is 0 Å². The summed E-state index contributed by atoms with van der Waals surface area (Å²) in [4.78, 5) is 0. The summed E-state index contributed by atoms with van der Waals surface area (Å²) in [5.41, 5.74) is -12.3. The number of aryl methyl sites for hydroxylation is 2. The highest BCUT2D eigenvalue weighted by Crippen LogP contribution is 2.27. The predicted octanol–water partition coefficient (Wildman–Crippen LogP) is 7.64. The van der Waals surface area contributed by atoms with Crippen molar-refractivity contribution in [2.75, 3.05) is 0 Å². The van der Waals surface area contributed by atoms with Crippen molar-refractivity contribution < 1.29 is 47.7 Å². The van der Waals surface area contributed by atoms with Gasteiger partial charge in [0.2, 0.25) is 0 Å².